The number of rotatable bonds is 7. The lowest BCUT2D eigenvalue weighted by atomic mass is 10.1. The molecule has 5 rings (SSSR count). The first kappa shape index (κ1) is 26.2. The molecule has 3 heterocycles. The third-order valence-corrected chi connectivity index (χ3v) is 7.16. The molecule has 0 radical (unpaired) electrons. The van der Waals surface area contributed by atoms with E-state index in [2.05, 4.69) is 39.4 Å². The first-order valence-electron chi connectivity index (χ1n) is 12.5. The van der Waals surface area contributed by atoms with Gasteiger partial charge in [0.05, 0.1) is 12.5 Å². The number of para-hydroxylation sites is 1. The highest BCUT2D eigenvalue weighted by molar-refractivity contribution is 7.89. The van der Waals surface area contributed by atoms with Crippen molar-refractivity contribution in [3.05, 3.63) is 89.2 Å². The smallest absolute Gasteiger partial charge is 0.270 e. The van der Waals surface area contributed by atoms with Gasteiger partial charge in [0.2, 0.25) is 10.0 Å². The number of nitrogens with zero attached hydrogens (tertiary/aromatic N) is 5. The van der Waals surface area contributed by atoms with Gasteiger partial charge in [0.15, 0.2) is 5.65 Å². The summed E-state index contributed by atoms with van der Waals surface area (Å²) < 4.78 is 26.5. The Balaban J connectivity index is 1.44. The van der Waals surface area contributed by atoms with E-state index in [0.717, 1.165) is 17.5 Å². The van der Waals surface area contributed by atoms with Gasteiger partial charge in [-0.05, 0) is 24.1 Å². The standard InChI is InChI=1S/C27H29N7O4S/c1-19-8-6-7-11-23(19)32-12-14-33(15-13-32)27(36)22-17-29-24-21(26(35)31-39(2,37)38)18-30-34(24)25(22)28-16-20-9-4-3-5-10-20/h3-11,17-18,28H,12-16H2,1-2H3,(H,31,35). The molecule has 2 aromatic heterocycles. The van der Waals surface area contributed by atoms with E-state index < -0.39 is 15.9 Å². The maximum Gasteiger partial charge on any atom is 0.270 e. The van der Waals surface area contributed by atoms with Gasteiger partial charge in [-0.15, -0.1) is 0 Å². The molecule has 1 saturated heterocycles. The molecule has 0 spiro atoms. The van der Waals surface area contributed by atoms with E-state index >= 15 is 0 Å². The number of aromatic nitrogens is 3. The van der Waals surface area contributed by atoms with Crippen LogP contribution in [0.1, 0.15) is 31.8 Å². The molecule has 0 saturated carbocycles. The van der Waals surface area contributed by atoms with Gasteiger partial charge in [0.25, 0.3) is 11.8 Å². The van der Waals surface area contributed by atoms with Crippen LogP contribution in [0.2, 0.25) is 0 Å². The normalized spacial score (nSPS) is 13.9. The van der Waals surface area contributed by atoms with Gasteiger partial charge in [0, 0.05) is 44.6 Å². The SMILES string of the molecule is Cc1ccccc1N1CCN(C(=O)c2cnc3c(C(=O)NS(C)(=O)=O)cnn3c2NCc2ccccc2)CC1. The van der Waals surface area contributed by atoms with Crippen LogP contribution in [0.25, 0.3) is 5.65 Å². The number of fused-ring (bicyclic) bond motifs is 1. The van der Waals surface area contributed by atoms with Crippen molar-refractivity contribution in [2.24, 2.45) is 0 Å². The molecule has 2 amide bonds. The van der Waals surface area contributed by atoms with Gasteiger partial charge >= 0.3 is 0 Å². The number of sulfonamides is 1. The molecule has 1 aliphatic heterocycles. The Labute approximate surface area is 226 Å². The van der Waals surface area contributed by atoms with Crippen molar-refractivity contribution in [2.45, 2.75) is 13.5 Å². The molecule has 1 aliphatic rings. The molecule has 0 unspecified atom stereocenters. The molecule has 202 valence electrons. The van der Waals surface area contributed by atoms with Gasteiger partial charge in [-0.3, -0.25) is 9.59 Å². The number of nitrogens with one attached hydrogen (secondary N) is 2. The molecule has 1 fully saturated rings. The monoisotopic (exact) mass is 547 g/mol. The van der Waals surface area contributed by atoms with Crippen molar-refractivity contribution in [1.29, 1.82) is 0 Å². The summed E-state index contributed by atoms with van der Waals surface area (Å²) >= 11 is 0. The Morgan fingerprint density at radius 2 is 1.62 bits per heavy atom. The summed E-state index contributed by atoms with van der Waals surface area (Å²) in [5.74, 6) is -0.684. The highest BCUT2D eigenvalue weighted by Crippen LogP contribution is 2.24. The minimum Gasteiger partial charge on any atom is -0.368 e. The molecule has 0 atom stereocenters. The van der Waals surface area contributed by atoms with Gasteiger partial charge in [-0.1, -0.05) is 48.5 Å². The highest BCUT2D eigenvalue weighted by Gasteiger charge is 2.28. The molecule has 11 nitrogen and oxygen atoms in total. The number of hydrogen-bond acceptors (Lipinski definition) is 8. The Morgan fingerprint density at radius 3 is 2.31 bits per heavy atom. The fourth-order valence-electron chi connectivity index (χ4n) is 4.66. The maximum absolute atomic E-state index is 13.7. The largest absolute Gasteiger partial charge is 0.368 e. The third-order valence-electron chi connectivity index (χ3n) is 6.61. The molecule has 2 N–H and O–H groups in total. The number of aryl methyl sites for hydroxylation is 1. The molecule has 0 bridgehead atoms. The quantitative estimate of drug-likeness (QED) is 0.361. The van der Waals surface area contributed by atoms with Gasteiger partial charge in [-0.25, -0.2) is 18.1 Å². The summed E-state index contributed by atoms with van der Waals surface area (Å²) in [6.45, 7) is 4.92. The fourth-order valence-corrected chi connectivity index (χ4v) is 5.11. The number of piperazine rings is 1. The topological polar surface area (TPSA) is 129 Å². The number of anilines is 2. The van der Waals surface area contributed by atoms with Crippen molar-refractivity contribution >= 4 is 39.0 Å². The van der Waals surface area contributed by atoms with E-state index in [9.17, 15) is 18.0 Å². The van der Waals surface area contributed by atoms with Crippen LogP contribution in [0.15, 0.2) is 67.0 Å². The van der Waals surface area contributed by atoms with Crippen LogP contribution >= 0.6 is 0 Å². The van der Waals surface area contributed by atoms with E-state index in [1.807, 2.05) is 47.2 Å². The lowest BCUT2D eigenvalue weighted by Gasteiger charge is -2.37. The van der Waals surface area contributed by atoms with Crippen LogP contribution in [0, 0.1) is 6.92 Å². The van der Waals surface area contributed by atoms with E-state index in [-0.39, 0.29) is 17.1 Å². The van der Waals surface area contributed by atoms with E-state index in [0.29, 0.717) is 44.1 Å². The van der Waals surface area contributed by atoms with Crippen molar-refractivity contribution in [3.8, 4) is 0 Å². The third kappa shape index (κ3) is 5.70. The van der Waals surface area contributed by atoms with Crippen molar-refractivity contribution < 1.29 is 18.0 Å². The molecule has 2 aromatic carbocycles. The van der Waals surface area contributed by atoms with E-state index in [1.54, 1.807) is 4.90 Å². The second kappa shape index (κ2) is 10.7. The van der Waals surface area contributed by atoms with Crippen LogP contribution in [0.4, 0.5) is 11.5 Å². The zero-order valence-electron chi connectivity index (χ0n) is 21.7. The summed E-state index contributed by atoms with van der Waals surface area (Å²) in [6, 6.07) is 17.8. The number of amides is 2. The Kier molecular flexibility index (Phi) is 7.20. The first-order chi connectivity index (χ1) is 18.7. The number of carbonyl (C=O) groups is 2. The molecule has 12 heteroatoms. The number of carbonyl (C=O) groups excluding carboxylic acids is 2. The second-order valence-corrected chi connectivity index (χ2v) is 11.2. The van der Waals surface area contributed by atoms with Gasteiger partial charge in [0.1, 0.15) is 16.9 Å². The Morgan fingerprint density at radius 1 is 0.923 bits per heavy atom. The summed E-state index contributed by atoms with van der Waals surface area (Å²) in [5, 5.41) is 7.58. The maximum atomic E-state index is 13.7. The Bertz CT molecular complexity index is 1630. The minimum atomic E-state index is -3.78. The van der Waals surface area contributed by atoms with Crippen molar-refractivity contribution in [1.82, 2.24) is 24.2 Å². The molecule has 39 heavy (non-hydrogen) atoms. The highest BCUT2D eigenvalue weighted by atomic mass is 32.2. The zero-order valence-corrected chi connectivity index (χ0v) is 22.5. The van der Waals surface area contributed by atoms with Gasteiger partial charge in [-0.2, -0.15) is 9.61 Å². The van der Waals surface area contributed by atoms with Crippen molar-refractivity contribution in [3.63, 3.8) is 0 Å². The zero-order chi connectivity index (χ0) is 27.6. The van der Waals surface area contributed by atoms with E-state index in [1.165, 1.54) is 22.5 Å². The first-order valence-corrected chi connectivity index (χ1v) is 14.4. The van der Waals surface area contributed by atoms with Gasteiger partial charge < -0.3 is 15.1 Å². The van der Waals surface area contributed by atoms with Crippen molar-refractivity contribution in [2.75, 3.05) is 42.7 Å². The summed E-state index contributed by atoms with van der Waals surface area (Å²) in [6.07, 6.45) is 3.55. The number of hydrogen-bond donors (Lipinski definition) is 2. The summed E-state index contributed by atoms with van der Waals surface area (Å²) in [4.78, 5) is 34.7. The summed E-state index contributed by atoms with van der Waals surface area (Å²) in [5.41, 5.74) is 3.75. The lowest BCUT2D eigenvalue weighted by molar-refractivity contribution is 0.0746. The minimum absolute atomic E-state index is 0.0194. The fraction of sp³-hybridized carbons (Fsp3) is 0.259. The molecule has 0 aliphatic carbocycles. The average Bonchev–Trinajstić information content (AvgIpc) is 3.36. The molecular weight excluding hydrogens is 518 g/mol. The average molecular weight is 548 g/mol. The van der Waals surface area contributed by atoms with E-state index in [4.69, 9.17) is 0 Å². The van der Waals surface area contributed by atoms with Crippen LogP contribution in [0.5, 0.6) is 0 Å². The van der Waals surface area contributed by atoms with Crippen LogP contribution < -0.4 is 14.9 Å². The van der Waals surface area contributed by atoms with Crippen LogP contribution in [0.3, 0.4) is 0 Å². The summed E-state index contributed by atoms with van der Waals surface area (Å²) in [7, 11) is -3.78. The number of benzene rings is 2. The Hall–Kier alpha value is -4.45. The molecule has 4 aromatic rings. The molecular formula is C27H29N7O4S. The van der Waals surface area contributed by atoms with Crippen LogP contribution in [-0.2, 0) is 16.6 Å². The predicted molar refractivity (Wildman–Crippen MR) is 148 cm³/mol. The van der Waals surface area contributed by atoms with Crippen LogP contribution in [-0.4, -0.2) is 72.2 Å². The lowest BCUT2D eigenvalue weighted by Crippen LogP contribution is -2.49. The predicted octanol–water partition coefficient (Wildman–Crippen LogP) is 2.30. The second-order valence-electron chi connectivity index (χ2n) is 9.42.